The molecule has 3 heterocycles. The van der Waals surface area contributed by atoms with Crippen molar-refractivity contribution >= 4 is 42.6 Å². The normalized spacial score (nSPS) is 17.6. The first-order valence-corrected chi connectivity index (χ1v) is 15.8. The second-order valence-corrected chi connectivity index (χ2v) is 17.0. The number of nitrogens with zero attached hydrogens (tertiary/aromatic N) is 3. The molecule has 0 radical (unpaired) electrons. The molecule has 0 spiro atoms. The van der Waals surface area contributed by atoms with Crippen molar-refractivity contribution in [2.75, 3.05) is 11.9 Å². The number of amides is 1. The minimum atomic E-state index is -2.98. The molecule has 0 saturated carbocycles. The number of carbonyl (C=O) groups is 1. The Hall–Kier alpha value is -3.25. The number of alkyl halides is 2. The zero-order valence-corrected chi connectivity index (χ0v) is 23.0. The van der Waals surface area contributed by atoms with Gasteiger partial charge in [-0.05, 0) is 51.1 Å². The van der Waals surface area contributed by atoms with Gasteiger partial charge in [-0.15, -0.1) is 0 Å². The smallest absolute Gasteiger partial charge is 0.387 e. The van der Waals surface area contributed by atoms with Crippen molar-refractivity contribution in [3.05, 3.63) is 36.2 Å². The molecule has 1 unspecified atom stereocenters. The molecule has 200 valence electrons. The van der Waals surface area contributed by atoms with E-state index in [-0.39, 0.29) is 11.7 Å². The molecule has 1 aromatic carbocycles. The van der Waals surface area contributed by atoms with Crippen LogP contribution in [0.4, 0.5) is 20.3 Å². The van der Waals surface area contributed by atoms with Crippen molar-refractivity contribution in [2.24, 2.45) is 4.99 Å². The molecule has 1 aliphatic rings. The highest BCUT2D eigenvalue weighted by Gasteiger charge is 2.46. The number of aliphatic imine (C=N–C) groups is 1. The van der Waals surface area contributed by atoms with E-state index in [0.717, 1.165) is 6.04 Å². The van der Waals surface area contributed by atoms with Crippen LogP contribution in [0.3, 0.4) is 0 Å². The number of hydrogen-bond acceptors (Lipinski definition) is 6. The van der Waals surface area contributed by atoms with Crippen molar-refractivity contribution in [1.29, 1.82) is 0 Å². The molecule has 37 heavy (non-hydrogen) atoms. The number of ether oxygens (including phenoxy) is 2. The van der Waals surface area contributed by atoms with Gasteiger partial charge >= 0.3 is 6.61 Å². The summed E-state index contributed by atoms with van der Waals surface area (Å²) < 4.78 is 38.1. The van der Waals surface area contributed by atoms with Gasteiger partial charge in [-0.25, -0.2) is 4.99 Å². The van der Waals surface area contributed by atoms with Crippen molar-refractivity contribution < 1.29 is 23.0 Å². The van der Waals surface area contributed by atoms with Gasteiger partial charge in [0.05, 0.1) is 16.9 Å². The van der Waals surface area contributed by atoms with Crippen LogP contribution in [-0.2, 0) is 21.8 Å². The van der Waals surface area contributed by atoms with Crippen molar-refractivity contribution in [3.8, 4) is 5.75 Å². The van der Waals surface area contributed by atoms with E-state index in [1.165, 1.54) is 18.3 Å². The predicted molar refractivity (Wildman–Crippen MR) is 143 cm³/mol. The summed E-state index contributed by atoms with van der Waals surface area (Å²) in [5.74, 6) is 0.212. The summed E-state index contributed by atoms with van der Waals surface area (Å²) in [6.45, 7) is 10.5. The predicted octanol–water partition coefficient (Wildman–Crippen LogP) is 5.22. The Labute approximate surface area is 215 Å². The molecular formula is C25H34F2N6O3Si. The topological polar surface area (TPSA) is 106 Å². The Bertz CT molecular complexity index is 1310. The quantitative estimate of drug-likeness (QED) is 0.259. The Morgan fingerprint density at radius 1 is 1.24 bits per heavy atom. The highest BCUT2D eigenvalue weighted by atomic mass is 28.3. The fraction of sp³-hybridized carbons (Fsp3) is 0.480. The van der Waals surface area contributed by atoms with Crippen LogP contribution in [0, 0.1) is 0 Å². The Morgan fingerprint density at radius 3 is 2.68 bits per heavy atom. The van der Waals surface area contributed by atoms with E-state index in [0.29, 0.717) is 41.4 Å². The fourth-order valence-electron chi connectivity index (χ4n) is 4.01. The van der Waals surface area contributed by atoms with E-state index in [2.05, 4.69) is 50.2 Å². The third-order valence-electron chi connectivity index (χ3n) is 5.86. The molecule has 1 atom stereocenters. The molecule has 3 aromatic rings. The lowest BCUT2D eigenvalue weighted by Gasteiger charge is -2.35. The van der Waals surface area contributed by atoms with Crippen LogP contribution in [0.5, 0.6) is 5.75 Å². The van der Waals surface area contributed by atoms with Crippen LogP contribution in [0.2, 0.25) is 25.7 Å². The second-order valence-electron chi connectivity index (χ2n) is 11.4. The monoisotopic (exact) mass is 532 g/mol. The molecule has 1 amide bonds. The summed E-state index contributed by atoms with van der Waals surface area (Å²) in [5.41, 5.74) is -0.548. The first kappa shape index (κ1) is 26.8. The third kappa shape index (κ3) is 6.01. The Balaban J connectivity index is 1.70. The van der Waals surface area contributed by atoms with Crippen LogP contribution in [0.25, 0.3) is 10.9 Å². The van der Waals surface area contributed by atoms with Gasteiger partial charge in [0.15, 0.2) is 11.4 Å². The lowest BCUT2D eigenvalue weighted by molar-refractivity contribution is -0.125. The van der Waals surface area contributed by atoms with E-state index in [1.54, 1.807) is 6.07 Å². The van der Waals surface area contributed by atoms with E-state index in [9.17, 15) is 13.6 Å². The average molecular weight is 533 g/mol. The Morgan fingerprint density at radius 2 is 2.00 bits per heavy atom. The zero-order chi connectivity index (χ0) is 27.0. The molecule has 1 aliphatic heterocycles. The largest absolute Gasteiger partial charge is 0.435 e. The standard InChI is InChI=1S/C25H34F2N6O3Si/c1-24(2,3)30-22(34)25(20-17-13-16(36-23(26)27)7-8-18(17)31-32-20)14-28-21-19(29-25)9-10-33(21)15-35-11-12-37(4,5)6/h7-10,13-14,23,29H,11-12,15H2,1-6H3,(H,30,34)(H,31,32). The number of aromatic nitrogens is 3. The molecule has 0 bridgehead atoms. The molecule has 12 heteroatoms. The van der Waals surface area contributed by atoms with Crippen molar-refractivity contribution in [1.82, 2.24) is 20.1 Å². The van der Waals surface area contributed by atoms with Gasteiger partial charge in [-0.1, -0.05) is 19.6 Å². The van der Waals surface area contributed by atoms with E-state index >= 15 is 0 Å². The summed E-state index contributed by atoms with van der Waals surface area (Å²) in [6, 6.07) is 7.29. The molecule has 9 nitrogen and oxygen atoms in total. The molecule has 2 aromatic heterocycles. The van der Waals surface area contributed by atoms with E-state index in [4.69, 9.17) is 4.74 Å². The number of hydrogen-bond donors (Lipinski definition) is 3. The van der Waals surface area contributed by atoms with Gasteiger partial charge in [-0.3, -0.25) is 9.89 Å². The first-order valence-electron chi connectivity index (χ1n) is 12.1. The summed E-state index contributed by atoms with van der Waals surface area (Å²) in [4.78, 5) is 18.4. The number of halogens is 2. The lowest BCUT2D eigenvalue weighted by atomic mass is 9.90. The highest BCUT2D eigenvalue weighted by molar-refractivity contribution is 6.76. The highest BCUT2D eigenvalue weighted by Crippen LogP contribution is 2.39. The number of aromatic amines is 1. The van der Waals surface area contributed by atoms with Crippen LogP contribution in [0.15, 0.2) is 35.5 Å². The first-order chi connectivity index (χ1) is 17.3. The molecule has 3 N–H and O–H groups in total. The van der Waals surface area contributed by atoms with Crippen molar-refractivity contribution in [3.63, 3.8) is 0 Å². The SMILES string of the molecule is CC(C)(C)NC(=O)C1(c2[nH]nc3ccc(OC(F)F)cc23)C=Nc2c(ccn2COCC[Si](C)(C)C)N1. The molecule has 0 aliphatic carbocycles. The minimum absolute atomic E-state index is 0.0356. The summed E-state index contributed by atoms with van der Waals surface area (Å²) >= 11 is 0. The number of fused-ring (bicyclic) bond motifs is 2. The lowest BCUT2D eigenvalue weighted by Crippen LogP contribution is -2.56. The van der Waals surface area contributed by atoms with E-state index in [1.807, 2.05) is 37.6 Å². The van der Waals surface area contributed by atoms with Gasteiger partial charge in [0.2, 0.25) is 0 Å². The number of rotatable bonds is 9. The van der Waals surface area contributed by atoms with Crippen LogP contribution in [-0.4, -0.2) is 53.7 Å². The van der Waals surface area contributed by atoms with Gasteiger partial charge in [0, 0.05) is 38.0 Å². The fourth-order valence-corrected chi connectivity index (χ4v) is 4.77. The second kappa shape index (κ2) is 9.90. The molecule has 4 rings (SSSR count). The van der Waals surface area contributed by atoms with Crippen LogP contribution in [0.1, 0.15) is 26.5 Å². The summed E-state index contributed by atoms with van der Waals surface area (Å²) in [6.07, 6.45) is 3.36. The van der Waals surface area contributed by atoms with Crippen molar-refractivity contribution in [2.45, 2.75) is 70.9 Å². The van der Waals surface area contributed by atoms with E-state index < -0.39 is 25.8 Å². The minimum Gasteiger partial charge on any atom is -0.435 e. The maximum absolute atomic E-state index is 13.8. The maximum atomic E-state index is 13.8. The summed E-state index contributed by atoms with van der Waals surface area (Å²) in [7, 11) is -1.21. The molecular weight excluding hydrogens is 498 g/mol. The number of H-pyrrole nitrogens is 1. The maximum Gasteiger partial charge on any atom is 0.387 e. The van der Waals surface area contributed by atoms with Crippen LogP contribution < -0.4 is 15.4 Å². The van der Waals surface area contributed by atoms with Gasteiger partial charge in [0.25, 0.3) is 5.91 Å². The number of anilines is 1. The molecule has 0 saturated heterocycles. The van der Waals surface area contributed by atoms with Crippen LogP contribution >= 0.6 is 0 Å². The number of benzene rings is 1. The average Bonchev–Trinajstić information content (AvgIpc) is 3.37. The van der Waals surface area contributed by atoms with Gasteiger partial charge in [0.1, 0.15) is 12.5 Å². The van der Waals surface area contributed by atoms with Gasteiger partial charge in [-0.2, -0.15) is 13.9 Å². The summed E-state index contributed by atoms with van der Waals surface area (Å²) in [5, 5.41) is 14.0. The zero-order valence-electron chi connectivity index (χ0n) is 22.0. The third-order valence-corrected chi connectivity index (χ3v) is 7.57. The Kier molecular flexibility index (Phi) is 7.17. The number of carbonyl (C=O) groups excluding carboxylic acids is 1. The van der Waals surface area contributed by atoms with Gasteiger partial charge < -0.3 is 24.7 Å². The molecule has 0 fully saturated rings. The number of nitrogens with one attached hydrogen (secondary N) is 3.